The Bertz CT molecular complexity index is 1290. The Morgan fingerprint density at radius 3 is 2.80 bits per heavy atom. The van der Waals surface area contributed by atoms with Crippen LogP contribution in [0.5, 0.6) is 0 Å². The van der Waals surface area contributed by atoms with Gasteiger partial charge in [-0.25, -0.2) is 9.78 Å². The minimum absolute atomic E-state index is 0.0356. The molecule has 0 spiro atoms. The molecule has 6 nitrogen and oxygen atoms in total. The highest BCUT2D eigenvalue weighted by Crippen LogP contribution is 2.44. The minimum atomic E-state index is -0.516. The molecule has 0 N–H and O–H groups in total. The van der Waals surface area contributed by atoms with Crippen molar-refractivity contribution in [2.45, 2.75) is 29.7 Å². The standard InChI is InChI=1S/C22H18N2O4S2/c1-27-21(26)17-10-9-15(28-17)11-30-22-23-19-18(16(12-29-19)13-7-8-13)20(25)24(22)14-5-3-2-4-6-14/h2-6,9-10,12-13H,7-8,11H2,1H3. The van der Waals surface area contributed by atoms with E-state index in [9.17, 15) is 9.59 Å². The summed E-state index contributed by atoms with van der Waals surface area (Å²) >= 11 is 2.93. The number of rotatable bonds is 6. The van der Waals surface area contributed by atoms with E-state index in [0.717, 1.165) is 34.3 Å². The topological polar surface area (TPSA) is 74.3 Å². The molecule has 0 radical (unpaired) electrons. The fraction of sp³-hybridized carbons (Fsp3) is 0.227. The molecule has 30 heavy (non-hydrogen) atoms. The first-order valence-corrected chi connectivity index (χ1v) is 11.4. The molecule has 1 saturated carbocycles. The molecule has 5 rings (SSSR count). The van der Waals surface area contributed by atoms with Gasteiger partial charge in [-0.3, -0.25) is 9.36 Å². The van der Waals surface area contributed by atoms with Crippen molar-refractivity contribution in [3.63, 3.8) is 0 Å². The summed E-state index contributed by atoms with van der Waals surface area (Å²) in [6, 6.07) is 12.9. The zero-order chi connectivity index (χ0) is 20.7. The summed E-state index contributed by atoms with van der Waals surface area (Å²) in [5, 5.41) is 3.41. The van der Waals surface area contributed by atoms with Crippen molar-refractivity contribution >= 4 is 39.3 Å². The molecule has 0 bridgehead atoms. The Hall–Kier alpha value is -2.84. The molecule has 1 aromatic carbocycles. The predicted molar refractivity (Wildman–Crippen MR) is 117 cm³/mol. The third-order valence-corrected chi connectivity index (χ3v) is 6.88. The Kier molecular flexibility index (Phi) is 4.96. The average molecular weight is 439 g/mol. The van der Waals surface area contributed by atoms with Crippen molar-refractivity contribution < 1.29 is 13.9 Å². The van der Waals surface area contributed by atoms with Crippen molar-refractivity contribution in [1.29, 1.82) is 0 Å². The van der Waals surface area contributed by atoms with Gasteiger partial charge in [-0.05, 0) is 54.0 Å². The van der Waals surface area contributed by atoms with E-state index < -0.39 is 5.97 Å². The van der Waals surface area contributed by atoms with Crippen molar-refractivity contribution in [1.82, 2.24) is 9.55 Å². The van der Waals surface area contributed by atoms with E-state index in [2.05, 4.69) is 10.1 Å². The highest BCUT2D eigenvalue weighted by molar-refractivity contribution is 7.98. The Labute approximate surface area is 180 Å². The van der Waals surface area contributed by atoms with Gasteiger partial charge in [0.1, 0.15) is 10.6 Å². The molecule has 0 saturated heterocycles. The van der Waals surface area contributed by atoms with Crippen molar-refractivity contribution in [2.75, 3.05) is 7.11 Å². The zero-order valence-corrected chi connectivity index (χ0v) is 17.8. The third-order valence-electron chi connectivity index (χ3n) is 5.03. The van der Waals surface area contributed by atoms with Crippen LogP contribution in [0.2, 0.25) is 0 Å². The van der Waals surface area contributed by atoms with Crippen LogP contribution >= 0.6 is 23.1 Å². The van der Waals surface area contributed by atoms with Gasteiger partial charge in [0.25, 0.3) is 5.56 Å². The van der Waals surface area contributed by atoms with Crippen LogP contribution in [0.4, 0.5) is 0 Å². The van der Waals surface area contributed by atoms with Gasteiger partial charge in [-0.1, -0.05) is 30.0 Å². The average Bonchev–Trinajstić information content (AvgIpc) is 3.34. The van der Waals surface area contributed by atoms with Crippen LogP contribution in [0.25, 0.3) is 15.9 Å². The molecular formula is C22H18N2O4S2. The second-order valence-corrected chi connectivity index (χ2v) is 8.86. The number of carbonyl (C=O) groups excluding carboxylic acids is 1. The monoisotopic (exact) mass is 438 g/mol. The first-order valence-electron chi connectivity index (χ1n) is 9.55. The normalized spacial score (nSPS) is 13.6. The number of thioether (sulfide) groups is 1. The van der Waals surface area contributed by atoms with Crippen LogP contribution < -0.4 is 5.56 Å². The lowest BCUT2D eigenvalue weighted by Crippen LogP contribution is -2.21. The zero-order valence-electron chi connectivity index (χ0n) is 16.2. The number of hydrogen-bond donors (Lipinski definition) is 0. The SMILES string of the molecule is COC(=O)c1ccc(CSc2nc3scc(C4CC4)c3c(=O)n2-c2ccccc2)o1. The summed E-state index contributed by atoms with van der Waals surface area (Å²) < 4.78 is 11.9. The number of aromatic nitrogens is 2. The third kappa shape index (κ3) is 3.46. The molecule has 8 heteroatoms. The first kappa shape index (κ1) is 19.1. The molecule has 3 aromatic heterocycles. The lowest BCUT2D eigenvalue weighted by atomic mass is 10.1. The Morgan fingerprint density at radius 2 is 2.07 bits per heavy atom. The van der Waals surface area contributed by atoms with E-state index in [1.165, 1.54) is 30.2 Å². The maximum absolute atomic E-state index is 13.5. The lowest BCUT2D eigenvalue weighted by Gasteiger charge is -2.12. The first-order chi connectivity index (χ1) is 14.7. The van der Waals surface area contributed by atoms with Crippen LogP contribution in [0.3, 0.4) is 0 Å². The van der Waals surface area contributed by atoms with Crippen molar-refractivity contribution in [3.8, 4) is 5.69 Å². The number of thiophene rings is 1. The summed E-state index contributed by atoms with van der Waals surface area (Å²) in [7, 11) is 1.31. The largest absolute Gasteiger partial charge is 0.463 e. The van der Waals surface area contributed by atoms with Crippen LogP contribution in [0.15, 0.2) is 62.2 Å². The van der Waals surface area contributed by atoms with Gasteiger partial charge in [-0.15, -0.1) is 11.3 Å². The summed E-state index contributed by atoms with van der Waals surface area (Å²) in [5.74, 6) is 1.17. The maximum atomic E-state index is 13.5. The summed E-state index contributed by atoms with van der Waals surface area (Å²) in [4.78, 5) is 30.8. The number of para-hydroxylation sites is 1. The molecule has 0 atom stereocenters. The number of furan rings is 1. The minimum Gasteiger partial charge on any atom is -0.463 e. The van der Waals surface area contributed by atoms with E-state index in [1.54, 1.807) is 16.7 Å². The van der Waals surface area contributed by atoms with Gasteiger partial charge in [0, 0.05) is 0 Å². The quantitative estimate of drug-likeness (QED) is 0.240. The molecule has 1 aliphatic carbocycles. The number of hydrogen-bond acceptors (Lipinski definition) is 7. The molecule has 3 heterocycles. The fourth-order valence-corrected chi connectivity index (χ4v) is 5.36. The van der Waals surface area contributed by atoms with Gasteiger partial charge in [0.15, 0.2) is 5.16 Å². The van der Waals surface area contributed by atoms with E-state index in [4.69, 9.17) is 9.40 Å². The summed E-state index contributed by atoms with van der Waals surface area (Å²) in [6.45, 7) is 0. The second kappa shape index (κ2) is 7.77. The molecule has 0 unspecified atom stereocenters. The number of esters is 1. The summed E-state index contributed by atoms with van der Waals surface area (Å²) in [5.41, 5.74) is 1.87. The Balaban J connectivity index is 1.56. The van der Waals surface area contributed by atoms with Crippen molar-refractivity contribution in [2.24, 2.45) is 0 Å². The number of fused-ring (bicyclic) bond motifs is 1. The van der Waals surface area contributed by atoms with Crippen LogP contribution in [0.1, 0.15) is 40.6 Å². The molecule has 4 aromatic rings. The van der Waals surface area contributed by atoms with Crippen LogP contribution in [-0.4, -0.2) is 22.6 Å². The van der Waals surface area contributed by atoms with Gasteiger partial charge >= 0.3 is 5.97 Å². The van der Waals surface area contributed by atoms with E-state index >= 15 is 0 Å². The highest BCUT2D eigenvalue weighted by atomic mass is 32.2. The summed E-state index contributed by atoms with van der Waals surface area (Å²) in [6.07, 6.45) is 2.27. The van der Waals surface area contributed by atoms with Gasteiger partial charge < -0.3 is 9.15 Å². The number of nitrogens with zero attached hydrogens (tertiary/aromatic N) is 2. The van der Waals surface area contributed by atoms with E-state index in [0.29, 0.717) is 22.6 Å². The maximum Gasteiger partial charge on any atom is 0.373 e. The predicted octanol–water partition coefficient (Wildman–Crippen LogP) is 5.00. The fourth-order valence-electron chi connectivity index (χ4n) is 3.39. The number of benzene rings is 1. The number of carbonyl (C=O) groups is 1. The van der Waals surface area contributed by atoms with Crippen LogP contribution in [-0.2, 0) is 10.5 Å². The van der Waals surface area contributed by atoms with Crippen molar-refractivity contribution in [3.05, 3.63) is 75.3 Å². The number of ether oxygens (including phenoxy) is 1. The smallest absolute Gasteiger partial charge is 0.373 e. The molecule has 1 fully saturated rings. The highest BCUT2D eigenvalue weighted by Gasteiger charge is 2.29. The van der Waals surface area contributed by atoms with Crippen LogP contribution in [0, 0.1) is 0 Å². The number of methoxy groups -OCH3 is 1. The Morgan fingerprint density at radius 1 is 1.27 bits per heavy atom. The lowest BCUT2D eigenvalue weighted by molar-refractivity contribution is 0.0563. The molecule has 1 aliphatic rings. The van der Waals surface area contributed by atoms with E-state index in [-0.39, 0.29) is 11.3 Å². The van der Waals surface area contributed by atoms with Gasteiger partial charge in [-0.2, -0.15) is 0 Å². The molecular weight excluding hydrogens is 420 g/mol. The molecule has 0 amide bonds. The van der Waals surface area contributed by atoms with Gasteiger partial charge in [0.2, 0.25) is 5.76 Å². The molecule has 152 valence electrons. The van der Waals surface area contributed by atoms with E-state index in [1.807, 2.05) is 30.3 Å². The molecule has 0 aliphatic heterocycles. The second-order valence-electron chi connectivity index (χ2n) is 7.06. The van der Waals surface area contributed by atoms with Gasteiger partial charge in [0.05, 0.1) is 23.9 Å².